The molecule has 96 valence electrons. The van der Waals surface area contributed by atoms with Crippen molar-refractivity contribution in [1.29, 1.82) is 0 Å². The Labute approximate surface area is 112 Å². The molecule has 2 heterocycles. The fraction of sp³-hybridized carbons (Fsp3) is 0.429. The lowest BCUT2D eigenvalue weighted by molar-refractivity contribution is 0.711. The number of nitrogens with zero attached hydrogens (tertiary/aromatic N) is 2. The summed E-state index contributed by atoms with van der Waals surface area (Å²) < 4.78 is 0. The fourth-order valence-electron chi connectivity index (χ4n) is 1.96. The van der Waals surface area contributed by atoms with Gasteiger partial charge in [0.15, 0.2) is 5.82 Å². The first kappa shape index (κ1) is 13.2. The molecule has 0 aliphatic heterocycles. The molecular weight excluding hydrogens is 242 g/mol. The maximum Gasteiger partial charge on any atom is 0.160 e. The van der Waals surface area contributed by atoms with E-state index < -0.39 is 0 Å². The molecular formula is C14H19N3S. The van der Waals surface area contributed by atoms with Gasteiger partial charge in [0.1, 0.15) is 0 Å². The van der Waals surface area contributed by atoms with E-state index in [1.807, 2.05) is 0 Å². The summed E-state index contributed by atoms with van der Waals surface area (Å²) in [5, 5.41) is 7.59. The van der Waals surface area contributed by atoms with Crippen LogP contribution in [0.25, 0.3) is 11.4 Å². The van der Waals surface area contributed by atoms with Crippen molar-refractivity contribution in [3.63, 3.8) is 0 Å². The lowest BCUT2D eigenvalue weighted by Gasteiger charge is -2.11. The zero-order valence-electron chi connectivity index (χ0n) is 11.4. The summed E-state index contributed by atoms with van der Waals surface area (Å²) in [4.78, 5) is 9.29. The summed E-state index contributed by atoms with van der Waals surface area (Å²) in [6.07, 6.45) is 0. The number of nitrogens with one attached hydrogen (secondary N) is 1. The second-order valence-corrected chi connectivity index (χ2v) is 5.19. The van der Waals surface area contributed by atoms with Crippen LogP contribution in [0.1, 0.15) is 29.4 Å². The van der Waals surface area contributed by atoms with E-state index in [1.165, 1.54) is 11.1 Å². The molecule has 0 saturated carbocycles. The molecule has 0 amide bonds. The molecule has 1 N–H and O–H groups in total. The van der Waals surface area contributed by atoms with E-state index in [1.54, 1.807) is 11.3 Å². The molecule has 0 spiro atoms. The summed E-state index contributed by atoms with van der Waals surface area (Å²) in [5.41, 5.74) is 5.76. The molecule has 0 saturated heterocycles. The summed E-state index contributed by atoms with van der Waals surface area (Å²) in [7, 11) is 0. The predicted octanol–water partition coefficient (Wildman–Crippen LogP) is 3.24. The van der Waals surface area contributed by atoms with Crippen LogP contribution in [0, 0.1) is 20.8 Å². The predicted molar refractivity (Wildman–Crippen MR) is 76.9 cm³/mol. The van der Waals surface area contributed by atoms with Crippen LogP contribution in [0.3, 0.4) is 0 Å². The highest BCUT2D eigenvalue weighted by Gasteiger charge is 2.11. The quantitative estimate of drug-likeness (QED) is 0.918. The van der Waals surface area contributed by atoms with E-state index in [2.05, 4.69) is 53.7 Å². The van der Waals surface area contributed by atoms with Crippen LogP contribution in [0.2, 0.25) is 0 Å². The highest BCUT2D eigenvalue weighted by molar-refractivity contribution is 7.08. The molecule has 2 aromatic rings. The maximum atomic E-state index is 4.65. The molecule has 18 heavy (non-hydrogen) atoms. The molecule has 0 fully saturated rings. The van der Waals surface area contributed by atoms with Gasteiger partial charge in [-0.15, -0.1) is 0 Å². The van der Waals surface area contributed by atoms with Gasteiger partial charge in [-0.3, -0.25) is 0 Å². The van der Waals surface area contributed by atoms with Gasteiger partial charge in [-0.2, -0.15) is 11.3 Å². The van der Waals surface area contributed by atoms with Gasteiger partial charge in [-0.05, 0) is 38.3 Å². The summed E-state index contributed by atoms with van der Waals surface area (Å²) in [5.74, 6) is 0.851. The normalized spacial score (nSPS) is 10.9. The van der Waals surface area contributed by atoms with Gasteiger partial charge >= 0.3 is 0 Å². The third kappa shape index (κ3) is 2.60. The number of rotatable bonds is 4. The van der Waals surface area contributed by atoms with Gasteiger partial charge in [0.25, 0.3) is 0 Å². The zero-order valence-corrected chi connectivity index (χ0v) is 12.2. The SMILES string of the molecule is CCNCc1c(C)nc(-c2cscc2C)nc1C. The highest BCUT2D eigenvalue weighted by atomic mass is 32.1. The van der Waals surface area contributed by atoms with Crippen molar-refractivity contribution >= 4 is 11.3 Å². The van der Waals surface area contributed by atoms with Gasteiger partial charge in [0.2, 0.25) is 0 Å². The number of hydrogen-bond acceptors (Lipinski definition) is 4. The van der Waals surface area contributed by atoms with E-state index >= 15 is 0 Å². The minimum Gasteiger partial charge on any atom is -0.313 e. The maximum absolute atomic E-state index is 4.65. The van der Waals surface area contributed by atoms with Crippen LogP contribution in [-0.2, 0) is 6.54 Å². The lowest BCUT2D eigenvalue weighted by Crippen LogP contribution is -2.15. The first-order valence-electron chi connectivity index (χ1n) is 6.21. The average molecular weight is 261 g/mol. The second kappa shape index (κ2) is 5.59. The van der Waals surface area contributed by atoms with Crippen LogP contribution in [0.4, 0.5) is 0 Å². The first-order chi connectivity index (χ1) is 8.63. The lowest BCUT2D eigenvalue weighted by atomic mass is 10.1. The molecule has 2 aromatic heterocycles. The molecule has 3 nitrogen and oxygen atoms in total. The summed E-state index contributed by atoms with van der Waals surface area (Å²) in [6, 6.07) is 0. The van der Waals surface area contributed by atoms with Crippen molar-refractivity contribution in [2.45, 2.75) is 34.2 Å². The van der Waals surface area contributed by atoms with Crippen molar-refractivity contribution in [2.24, 2.45) is 0 Å². The highest BCUT2D eigenvalue weighted by Crippen LogP contribution is 2.25. The van der Waals surface area contributed by atoms with Crippen LogP contribution in [0.15, 0.2) is 10.8 Å². The largest absolute Gasteiger partial charge is 0.313 e. The minimum absolute atomic E-state index is 0.844. The van der Waals surface area contributed by atoms with Gasteiger partial charge < -0.3 is 5.32 Å². The molecule has 4 heteroatoms. The fourth-order valence-corrected chi connectivity index (χ4v) is 2.78. The van der Waals surface area contributed by atoms with Crippen molar-refractivity contribution < 1.29 is 0 Å². The molecule has 0 unspecified atom stereocenters. The zero-order chi connectivity index (χ0) is 13.1. The number of aromatic nitrogens is 2. The van der Waals surface area contributed by atoms with Crippen molar-refractivity contribution in [2.75, 3.05) is 6.54 Å². The Hall–Kier alpha value is -1.26. The van der Waals surface area contributed by atoms with Gasteiger partial charge in [0.05, 0.1) is 0 Å². The van der Waals surface area contributed by atoms with Crippen molar-refractivity contribution in [1.82, 2.24) is 15.3 Å². The molecule has 0 aliphatic rings. The Bertz CT molecular complexity index is 523. The third-order valence-electron chi connectivity index (χ3n) is 3.07. The van der Waals surface area contributed by atoms with E-state index in [0.29, 0.717) is 0 Å². The number of aryl methyl sites for hydroxylation is 3. The molecule has 0 aromatic carbocycles. The molecule has 2 rings (SSSR count). The van der Waals surface area contributed by atoms with E-state index in [-0.39, 0.29) is 0 Å². The third-order valence-corrected chi connectivity index (χ3v) is 3.93. The van der Waals surface area contributed by atoms with Crippen LogP contribution >= 0.6 is 11.3 Å². The van der Waals surface area contributed by atoms with Crippen LogP contribution in [-0.4, -0.2) is 16.5 Å². The van der Waals surface area contributed by atoms with Gasteiger partial charge in [-0.25, -0.2) is 9.97 Å². The van der Waals surface area contributed by atoms with Crippen molar-refractivity contribution in [3.8, 4) is 11.4 Å². The van der Waals surface area contributed by atoms with Gasteiger partial charge in [-0.1, -0.05) is 6.92 Å². The minimum atomic E-state index is 0.844. The molecule has 0 radical (unpaired) electrons. The van der Waals surface area contributed by atoms with E-state index in [0.717, 1.165) is 35.9 Å². The van der Waals surface area contributed by atoms with Crippen molar-refractivity contribution in [3.05, 3.63) is 33.3 Å². The van der Waals surface area contributed by atoms with Crippen LogP contribution < -0.4 is 5.32 Å². The smallest absolute Gasteiger partial charge is 0.160 e. The van der Waals surface area contributed by atoms with E-state index in [9.17, 15) is 0 Å². The second-order valence-electron chi connectivity index (χ2n) is 4.45. The number of thiophene rings is 1. The standard InChI is InChI=1S/C14H19N3S/c1-5-15-6-12-10(3)16-14(17-11(12)4)13-8-18-7-9(13)2/h7-8,15H,5-6H2,1-4H3. The first-order valence-corrected chi connectivity index (χ1v) is 7.15. The number of hydrogen-bond donors (Lipinski definition) is 1. The van der Waals surface area contributed by atoms with Gasteiger partial charge in [0, 0.05) is 34.4 Å². The Morgan fingerprint density at radius 2 is 1.78 bits per heavy atom. The molecule has 0 bridgehead atoms. The topological polar surface area (TPSA) is 37.8 Å². The van der Waals surface area contributed by atoms with E-state index in [4.69, 9.17) is 0 Å². The van der Waals surface area contributed by atoms with Crippen LogP contribution in [0.5, 0.6) is 0 Å². The molecule has 0 aliphatic carbocycles. The Kier molecular flexibility index (Phi) is 4.09. The Morgan fingerprint density at radius 3 is 2.28 bits per heavy atom. The Balaban J connectivity index is 2.39. The monoisotopic (exact) mass is 261 g/mol. The summed E-state index contributed by atoms with van der Waals surface area (Å²) >= 11 is 1.70. The summed E-state index contributed by atoms with van der Waals surface area (Å²) in [6.45, 7) is 10.1. The molecule has 0 atom stereocenters. The Morgan fingerprint density at radius 1 is 1.11 bits per heavy atom. The average Bonchev–Trinajstić information content (AvgIpc) is 2.74.